The fraction of sp³-hybridized carbons (Fsp3) is 0.571. The van der Waals surface area contributed by atoms with Gasteiger partial charge in [-0.1, -0.05) is 18.2 Å². The van der Waals surface area contributed by atoms with Crippen molar-refractivity contribution in [1.82, 2.24) is 16.0 Å². The van der Waals surface area contributed by atoms with Gasteiger partial charge in [-0.3, -0.25) is 5.32 Å². The van der Waals surface area contributed by atoms with E-state index < -0.39 is 0 Å². The molecule has 0 amide bonds. The largest absolute Gasteiger partial charge is 0.357 e. The summed E-state index contributed by atoms with van der Waals surface area (Å²) in [7, 11) is 0. The molecule has 0 spiro atoms. The van der Waals surface area contributed by atoms with Crippen molar-refractivity contribution in [3.05, 3.63) is 30.3 Å². The highest BCUT2D eigenvalue weighted by Crippen LogP contribution is 2.11. The van der Waals surface area contributed by atoms with Gasteiger partial charge in [0.15, 0.2) is 0 Å². The molecule has 1 aliphatic rings. The number of nitrogens with one attached hydrogen (secondary N) is 3. The molecule has 1 saturated heterocycles. The van der Waals surface area contributed by atoms with Gasteiger partial charge in [0.05, 0.1) is 6.67 Å². The van der Waals surface area contributed by atoms with Crippen LogP contribution in [-0.4, -0.2) is 45.9 Å². The Morgan fingerprint density at radius 2 is 1.50 bits per heavy atom. The Bertz CT molecular complexity index is 303. The third-order valence-electron chi connectivity index (χ3n) is 3.17. The van der Waals surface area contributed by atoms with E-state index in [4.69, 9.17) is 0 Å². The molecular weight excluding hydrogens is 224 g/mol. The van der Waals surface area contributed by atoms with Crippen LogP contribution in [0.25, 0.3) is 0 Å². The lowest BCUT2D eigenvalue weighted by Crippen LogP contribution is -2.42. The molecule has 0 saturated carbocycles. The Hall–Kier alpha value is -1.10. The maximum Gasteiger partial charge on any atom is 0.0683 e. The molecule has 0 atom stereocenters. The SMILES string of the molecule is c1ccc(N2CCNCCCNCCNC2)cc1. The normalized spacial score (nSPS) is 19.9. The van der Waals surface area contributed by atoms with Crippen molar-refractivity contribution in [3.8, 4) is 0 Å². The van der Waals surface area contributed by atoms with Gasteiger partial charge in [0.2, 0.25) is 0 Å². The molecule has 1 aromatic rings. The Labute approximate surface area is 110 Å². The van der Waals surface area contributed by atoms with Crippen LogP contribution in [-0.2, 0) is 0 Å². The van der Waals surface area contributed by atoms with Crippen LogP contribution in [0.15, 0.2) is 30.3 Å². The minimum atomic E-state index is 0.910. The van der Waals surface area contributed by atoms with Crippen molar-refractivity contribution in [2.45, 2.75) is 6.42 Å². The lowest BCUT2D eigenvalue weighted by atomic mass is 10.3. The smallest absolute Gasteiger partial charge is 0.0683 e. The van der Waals surface area contributed by atoms with E-state index in [1.54, 1.807) is 0 Å². The van der Waals surface area contributed by atoms with Crippen LogP contribution in [0.5, 0.6) is 0 Å². The number of para-hydroxylation sites is 1. The van der Waals surface area contributed by atoms with Crippen LogP contribution in [0.2, 0.25) is 0 Å². The van der Waals surface area contributed by atoms with Gasteiger partial charge in [0.25, 0.3) is 0 Å². The van der Waals surface area contributed by atoms with E-state index >= 15 is 0 Å². The summed E-state index contributed by atoms with van der Waals surface area (Å²) in [4.78, 5) is 2.38. The minimum Gasteiger partial charge on any atom is -0.357 e. The summed E-state index contributed by atoms with van der Waals surface area (Å²) in [5, 5.41) is 10.4. The summed E-state index contributed by atoms with van der Waals surface area (Å²) >= 11 is 0. The summed E-state index contributed by atoms with van der Waals surface area (Å²) in [5.41, 5.74) is 1.29. The lowest BCUT2D eigenvalue weighted by Gasteiger charge is -2.26. The number of anilines is 1. The molecule has 2 rings (SSSR count). The third-order valence-corrected chi connectivity index (χ3v) is 3.17. The molecule has 3 N–H and O–H groups in total. The molecule has 0 radical (unpaired) electrons. The molecule has 0 aliphatic carbocycles. The Morgan fingerprint density at radius 3 is 2.33 bits per heavy atom. The van der Waals surface area contributed by atoms with Gasteiger partial charge in [-0.15, -0.1) is 0 Å². The summed E-state index contributed by atoms with van der Waals surface area (Å²) < 4.78 is 0. The van der Waals surface area contributed by atoms with Gasteiger partial charge in [0, 0.05) is 31.9 Å². The van der Waals surface area contributed by atoms with Crippen molar-refractivity contribution in [2.75, 3.05) is 50.8 Å². The maximum atomic E-state index is 3.49. The highest BCUT2D eigenvalue weighted by Gasteiger charge is 2.05. The van der Waals surface area contributed by atoms with E-state index in [0.717, 1.165) is 45.9 Å². The van der Waals surface area contributed by atoms with Crippen molar-refractivity contribution in [1.29, 1.82) is 0 Å². The van der Waals surface area contributed by atoms with E-state index in [0.29, 0.717) is 0 Å². The first-order valence-corrected chi connectivity index (χ1v) is 6.89. The quantitative estimate of drug-likeness (QED) is 0.681. The predicted octanol–water partition coefficient (Wildman–Crippen LogP) is 0.623. The highest BCUT2D eigenvalue weighted by molar-refractivity contribution is 5.45. The third kappa shape index (κ3) is 4.64. The van der Waals surface area contributed by atoms with Crippen LogP contribution in [0, 0.1) is 0 Å². The topological polar surface area (TPSA) is 39.3 Å². The zero-order valence-electron chi connectivity index (χ0n) is 11.0. The van der Waals surface area contributed by atoms with Crippen LogP contribution < -0.4 is 20.9 Å². The molecule has 0 bridgehead atoms. The molecule has 0 unspecified atom stereocenters. The molecule has 1 aliphatic heterocycles. The highest BCUT2D eigenvalue weighted by atomic mass is 15.2. The summed E-state index contributed by atoms with van der Waals surface area (Å²) in [6, 6.07) is 10.6. The van der Waals surface area contributed by atoms with Gasteiger partial charge in [-0.25, -0.2) is 0 Å². The Kier molecular flexibility index (Phi) is 5.99. The predicted molar refractivity (Wildman–Crippen MR) is 77.0 cm³/mol. The first-order valence-electron chi connectivity index (χ1n) is 6.89. The van der Waals surface area contributed by atoms with Crippen LogP contribution >= 0.6 is 0 Å². The van der Waals surface area contributed by atoms with Crippen molar-refractivity contribution in [3.63, 3.8) is 0 Å². The monoisotopic (exact) mass is 248 g/mol. The van der Waals surface area contributed by atoms with E-state index in [1.807, 2.05) is 0 Å². The minimum absolute atomic E-state index is 0.910. The second-order valence-electron chi connectivity index (χ2n) is 4.61. The van der Waals surface area contributed by atoms with Gasteiger partial charge < -0.3 is 15.5 Å². The Balaban J connectivity index is 1.89. The number of rotatable bonds is 1. The van der Waals surface area contributed by atoms with Gasteiger partial charge in [-0.2, -0.15) is 0 Å². The standard InChI is InChI=1S/C14H24N4/c1-2-5-14(6-3-1)18-12-11-16-8-4-7-15-9-10-17-13-18/h1-3,5-6,15-17H,4,7-13H2. The van der Waals surface area contributed by atoms with Crippen molar-refractivity contribution in [2.24, 2.45) is 0 Å². The van der Waals surface area contributed by atoms with E-state index in [9.17, 15) is 0 Å². The molecule has 100 valence electrons. The van der Waals surface area contributed by atoms with Crippen LogP contribution in [0.1, 0.15) is 6.42 Å². The molecule has 4 nitrogen and oxygen atoms in total. The number of nitrogens with zero attached hydrogens (tertiary/aromatic N) is 1. The second kappa shape index (κ2) is 8.08. The molecule has 1 fully saturated rings. The number of benzene rings is 1. The van der Waals surface area contributed by atoms with E-state index in [-0.39, 0.29) is 0 Å². The average Bonchev–Trinajstić information content (AvgIpc) is 2.40. The van der Waals surface area contributed by atoms with Crippen molar-refractivity contribution >= 4 is 5.69 Å². The first kappa shape index (κ1) is 13.3. The number of hydrogen-bond donors (Lipinski definition) is 3. The maximum absolute atomic E-state index is 3.49. The summed E-state index contributed by atoms with van der Waals surface area (Å²) in [6.07, 6.45) is 1.20. The van der Waals surface area contributed by atoms with Crippen LogP contribution in [0.3, 0.4) is 0 Å². The zero-order chi connectivity index (χ0) is 12.5. The average molecular weight is 248 g/mol. The molecule has 1 aromatic carbocycles. The lowest BCUT2D eigenvalue weighted by molar-refractivity contribution is 0.542. The number of hydrogen-bond acceptors (Lipinski definition) is 4. The summed E-state index contributed by atoms with van der Waals surface area (Å²) in [6.45, 7) is 7.27. The molecular formula is C14H24N4. The van der Waals surface area contributed by atoms with Crippen LogP contribution in [0.4, 0.5) is 5.69 Å². The second-order valence-corrected chi connectivity index (χ2v) is 4.61. The summed E-state index contributed by atoms with van der Waals surface area (Å²) in [5.74, 6) is 0. The molecule has 0 aromatic heterocycles. The molecule has 18 heavy (non-hydrogen) atoms. The zero-order valence-corrected chi connectivity index (χ0v) is 11.0. The molecule has 1 heterocycles. The van der Waals surface area contributed by atoms with E-state index in [1.165, 1.54) is 12.1 Å². The fourth-order valence-corrected chi connectivity index (χ4v) is 2.13. The Morgan fingerprint density at radius 1 is 0.778 bits per heavy atom. The van der Waals surface area contributed by atoms with Crippen molar-refractivity contribution < 1.29 is 0 Å². The molecule has 4 heteroatoms. The van der Waals surface area contributed by atoms with E-state index in [2.05, 4.69) is 51.2 Å². The fourth-order valence-electron chi connectivity index (χ4n) is 2.13. The van der Waals surface area contributed by atoms with Gasteiger partial charge in [-0.05, 0) is 31.6 Å². The van der Waals surface area contributed by atoms with Gasteiger partial charge in [0.1, 0.15) is 0 Å². The van der Waals surface area contributed by atoms with Gasteiger partial charge >= 0.3 is 0 Å². The first-order chi connectivity index (χ1) is 8.97.